The van der Waals surface area contributed by atoms with Gasteiger partial charge in [-0.15, -0.1) is 0 Å². The van der Waals surface area contributed by atoms with Crippen molar-refractivity contribution in [3.05, 3.63) is 30.1 Å². The van der Waals surface area contributed by atoms with Gasteiger partial charge in [0.1, 0.15) is 0 Å². The summed E-state index contributed by atoms with van der Waals surface area (Å²) in [5, 5.41) is 4.02. The Morgan fingerprint density at radius 1 is 1.35 bits per heavy atom. The predicted molar refractivity (Wildman–Crippen MR) is 65.2 cm³/mol. The second kappa shape index (κ2) is 4.20. The lowest BCUT2D eigenvalue weighted by Gasteiger charge is -2.23. The van der Waals surface area contributed by atoms with Gasteiger partial charge in [-0.2, -0.15) is 4.98 Å². The summed E-state index contributed by atoms with van der Waals surface area (Å²) in [7, 11) is 0. The van der Waals surface area contributed by atoms with Gasteiger partial charge in [0.15, 0.2) is 5.82 Å². The molecule has 0 atom stereocenters. The van der Waals surface area contributed by atoms with E-state index in [-0.39, 0.29) is 0 Å². The minimum Gasteiger partial charge on any atom is -0.399 e. The van der Waals surface area contributed by atoms with E-state index < -0.39 is 0 Å². The third-order valence-corrected chi connectivity index (χ3v) is 3.30. The van der Waals surface area contributed by atoms with Gasteiger partial charge in [-0.05, 0) is 24.1 Å². The summed E-state index contributed by atoms with van der Waals surface area (Å²) in [6.07, 6.45) is 4.86. The zero-order valence-corrected chi connectivity index (χ0v) is 9.60. The minimum absolute atomic E-state index is 0.562. The lowest BCUT2D eigenvalue weighted by atomic mass is 9.83. The standard InChI is InChI=1S/C13H15N3O/c14-11-6-2-5-10(8-11)13-15-12(16-17-13)7-9-3-1-4-9/h2,5-6,8-9H,1,3-4,7,14H2. The Balaban J connectivity index is 1.79. The van der Waals surface area contributed by atoms with E-state index in [1.807, 2.05) is 24.3 Å². The fraction of sp³-hybridized carbons (Fsp3) is 0.385. The van der Waals surface area contributed by atoms with Gasteiger partial charge in [0.05, 0.1) is 0 Å². The van der Waals surface area contributed by atoms with Crippen LogP contribution in [0.2, 0.25) is 0 Å². The molecule has 4 heteroatoms. The summed E-state index contributed by atoms with van der Waals surface area (Å²) in [4.78, 5) is 4.41. The zero-order chi connectivity index (χ0) is 11.7. The molecule has 4 nitrogen and oxygen atoms in total. The van der Waals surface area contributed by atoms with E-state index in [9.17, 15) is 0 Å². The first kappa shape index (κ1) is 10.3. The van der Waals surface area contributed by atoms with Crippen molar-refractivity contribution >= 4 is 5.69 Å². The number of hydrogen-bond acceptors (Lipinski definition) is 4. The van der Waals surface area contributed by atoms with Crippen molar-refractivity contribution in [1.29, 1.82) is 0 Å². The summed E-state index contributed by atoms with van der Waals surface area (Å²) in [6, 6.07) is 7.51. The summed E-state index contributed by atoms with van der Waals surface area (Å²) in [6.45, 7) is 0. The number of rotatable bonds is 3. The Kier molecular flexibility index (Phi) is 2.55. The lowest BCUT2D eigenvalue weighted by molar-refractivity contribution is 0.304. The molecule has 1 heterocycles. The van der Waals surface area contributed by atoms with Crippen molar-refractivity contribution < 1.29 is 4.52 Å². The van der Waals surface area contributed by atoms with Crippen LogP contribution in [0.5, 0.6) is 0 Å². The Morgan fingerprint density at radius 2 is 2.24 bits per heavy atom. The van der Waals surface area contributed by atoms with Gasteiger partial charge in [0.25, 0.3) is 5.89 Å². The zero-order valence-electron chi connectivity index (χ0n) is 9.60. The van der Waals surface area contributed by atoms with Gasteiger partial charge in [-0.25, -0.2) is 0 Å². The first-order chi connectivity index (χ1) is 8.31. The van der Waals surface area contributed by atoms with Crippen LogP contribution < -0.4 is 5.73 Å². The van der Waals surface area contributed by atoms with Crippen LogP contribution in [0.1, 0.15) is 25.1 Å². The predicted octanol–water partition coefficient (Wildman–Crippen LogP) is 2.66. The molecule has 1 aromatic carbocycles. The molecule has 2 aromatic rings. The van der Waals surface area contributed by atoms with E-state index in [0.717, 1.165) is 23.7 Å². The molecule has 0 saturated heterocycles. The van der Waals surface area contributed by atoms with Crippen molar-refractivity contribution in [2.75, 3.05) is 5.73 Å². The van der Waals surface area contributed by atoms with Crippen LogP contribution in [0.4, 0.5) is 5.69 Å². The monoisotopic (exact) mass is 229 g/mol. The first-order valence-electron chi connectivity index (χ1n) is 6.00. The second-order valence-corrected chi connectivity index (χ2v) is 4.64. The largest absolute Gasteiger partial charge is 0.399 e. The van der Waals surface area contributed by atoms with Crippen LogP contribution in [-0.4, -0.2) is 10.1 Å². The highest BCUT2D eigenvalue weighted by atomic mass is 16.5. The fourth-order valence-corrected chi connectivity index (χ4v) is 2.08. The molecule has 1 aromatic heterocycles. The van der Waals surface area contributed by atoms with Gasteiger partial charge in [0.2, 0.25) is 0 Å². The Labute approximate surface area is 99.8 Å². The molecule has 0 aliphatic heterocycles. The maximum Gasteiger partial charge on any atom is 0.257 e. The summed E-state index contributed by atoms with van der Waals surface area (Å²) in [5.74, 6) is 2.13. The number of nitrogen functional groups attached to an aromatic ring is 1. The van der Waals surface area contributed by atoms with Gasteiger partial charge in [0, 0.05) is 17.7 Å². The number of anilines is 1. The quantitative estimate of drug-likeness (QED) is 0.822. The van der Waals surface area contributed by atoms with E-state index in [1.54, 1.807) is 0 Å². The molecule has 0 amide bonds. The lowest BCUT2D eigenvalue weighted by Crippen LogP contribution is -2.14. The smallest absolute Gasteiger partial charge is 0.257 e. The molecular formula is C13H15N3O. The summed E-state index contributed by atoms with van der Waals surface area (Å²) in [5.41, 5.74) is 7.32. The molecule has 1 aliphatic rings. The second-order valence-electron chi connectivity index (χ2n) is 4.64. The van der Waals surface area contributed by atoms with Crippen LogP contribution in [0.3, 0.4) is 0 Å². The highest BCUT2D eigenvalue weighted by molar-refractivity contribution is 5.59. The number of aromatic nitrogens is 2. The van der Waals surface area contributed by atoms with Crippen LogP contribution in [0.25, 0.3) is 11.5 Å². The van der Waals surface area contributed by atoms with Crippen molar-refractivity contribution in [2.45, 2.75) is 25.7 Å². The third kappa shape index (κ3) is 2.16. The van der Waals surface area contributed by atoms with Gasteiger partial charge >= 0.3 is 0 Å². The summed E-state index contributed by atoms with van der Waals surface area (Å²) >= 11 is 0. The minimum atomic E-state index is 0.562. The van der Waals surface area contributed by atoms with E-state index in [1.165, 1.54) is 19.3 Å². The molecule has 88 valence electrons. The number of nitrogens with zero attached hydrogens (tertiary/aromatic N) is 2. The maximum absolute atomic E-state index is 5.72. The van der Waals surface area contributed by atoms with Crippen LogP contribution >= 0.6 is 0 Å². The molecule has 0 spiro atoms. The molecule has 0 radical (unpaired) electrons. The molecule has 1 fully saturated rings. The molecule has 17 heavy (non-hydrogen) atoms. The molecular weight excluding hydrogens is 214 g/mol. The molecule has 0 unspecified atom stereocenters. The van der Waals surface area contributed by atoms with E-state index in [2.05, 4.69) is 10.1 Å². The molecule has 3 rings (SSSR count). The topological polar surface area (TPSA) is 64.9 Å². The highest BCUT2D eigenvalue weighted by Gasteiger charge is 2.20. The van der Waals surface area contributed by atoms with Crippen molar-refractivity contribution in [3.63, 3.8) is 0 Å². The summed E-state index contributed by atoms with van der Waals surface area (Å²) < 4.78 is 5.26. The van der Waals surface area contributed by atoms with Crippen LogP contribution in [0.15, 0.2) is 28.8 Å². The maximum atomic E-state index is 5.72. The average molecular weight is 229 g/mol. The molecule has 0 bridgehead atoms. The van der Waals surface area contributed by atoms with Crippen LogP contribution in [0, 0.1) is 5.92 Å². The van der Waals surface area contributed by atoms with Crippen molar-refractivity contribution in [3.8, 4) is 11.5 Å². The van der Waals surface area contributed by atoms with Crippen LogP contribution in [-0.2, 0) is 6.42 Å². The van der Waals surface area contributed by atoms with Gasteiger partial charge in [-0.1, -0.05) is 30.5 Å². The number of hydrogen-bond donors (Lipinski definition) is 1. The number of benzene rings is 1. The van der Waals surface area contributed by atoms with Gasteiger partial charge in [-0.3, -0.25) is 0 Å². The Hall–Kier alpha value is -1.84. The molecule has 1 saturated carbocycles. The normalized spacial score (nSPS) is 15.8. The fourth-order valence-electron chi connectivity index (χ4n) is 2.08. The average Bonchev–Trinajstić information content (AvgIpc) is 2.72. The number of nitrogens with two attached hydrogens (primary N) is 1. The van der Waals surface area contributed by atoms with E-state index >= 15 is 0 Å². The molecule has 2 N–H and O–H groups in total. The Bertz CT molecular complexity index is 517. The van der Waals surface area contributed by atoms with Gasteiger partial charge < -0.3 is 10.3 Å². The van der Waals surface area contributed by atoms with Crippen molar-refractivity contribution in [1.82, 2.24) is 10.1 Å². The third-order valence-electron chi connectivity index (χ3n) is 3.30. The first-order valence-corrected chi connectivity index (χ1v) is 6.00. The van der Waals surface area contributed by atoms with E-state index in [4.69, 9.17) is 10.3 Å². The Morgan fingerprint density at radius 3 is 2.94 bits per heavy atom. The molecule has 1 aliphatic carbocycles. The SMILES string of the molecule is Nc1cccc(-c2nc(CC3CCC3)no2)c1. The van der Waals surface area contributed by atoms with E-state index in [0.29, 0.717) is 11.6 Å². The van der Waals surface area contributed by atoms with Crippen molar-refractivity contribution in [2.24, 2.45) is 5.92 Å². The highest BCUT2D eigenvalue weighted by Crippen LogP contribution is 2.29.